The first-order valence-electron chi connectivity index (χ1n) is 8.03. The fourth-order valence-electron chi connectivity index (χ4n) is 2.33. The largest absolute Gasteiger partial charge is 0.305 e. The van der Waals surface area contributed by atoms with E-state index in [4.69, 9.17) is 0 Å². The van der Waals surface area contributed by atoms with Crippen molar-refractivity contribution in [3.8, 4) is 11.4 Å². The highest BCUT2D eigenvalue weighted by Crippen LogP contribution is 2.24. The van der Waals surface area contributed by atoms with Crippen LogP contribution in [0.15, 0.2) is 29.4 Å². The molecule has 0 spiro atoms. The molecule has 0 saturated heterocycles. The van der Waals surface area contributed by atoms with E-state index in [-0.39, 0.29) is 0 Å². The molecule has 2 heterocycles. The van der Waals surface area contributed by atoms with Gasteiger partial charge >= 0.3 is 0 Å². The molecule has 0 aliphatic carbocycles. The van der Waals surface area contributed by atoms with Crippen LogP contribution in [0, 0.1) is 6.92 Å². The molecular weight excluding hydrogens is 322 g/mol. The molecule has 0 radical (unpaired) electrons. The molecule has 0 aliphatic rings. The van der Waals surface area contributed by atoms with Gasteiger partial charge in [-0.2, -0.15) is 0 Å². The second-order valence-corrected chi connectivity index (χ2v) is 6.63. The van der Waals surface area contributed by atoms with Crippen molar-refractivity contribution >= 4 is 11.8 Å². The van der Waals surface area contributed by atoms with Gasteiger partial charge in [0.1, 0.15) is 0 Å². The van der Waals surface area contributed by atoms with E-state index >= 15 is 0 Å². The van der Waals surface area contributed by atoms with E-state index in [0.717, 1.165) is 41.8 Å². The number of aryl methyl sites for hydroxylation is 2. The smallest absolute Gasteiger partial charge is 0.191 e. The van der Waals surface area contributed by atoms with Crippen LogP contribution < -0.4 is 0 Å². The maximum Gasteiger partial charge on any atom is 0.191 e. The van der Waals surface area contributed by atoms with Gasteiger partial charge < -0.3 is 4.57 Å². The quantitative estimate of drug-likeness (QED) is 0.614. The Morgan fingerprint density at radius 2 is 1.88 bits per heavy atom. The molecule has 0 N–H and O–H groups in total. The van der Waals surface area contributed by atoms with Gasteiger partial charge in [-0.05, 0) is 23.8 Å². The van der Waals surface area contributed by atoms with Gasteiger partial charge in [0.25, 0.3) is 0 Å². The van der Waals surface area contributed by atoms with Crippen LogP contribution in [0.4, 0.5) is 0 Å². The third-order valence-electron chi connectivity index (χ3n) is 3.80. The Morgan fingerprint density at radius 1 is 1.08 bits per heavy atom. The minimum atomic E-state index is 0.677. The summed E-state index contributed by atoms with van der Waals surface area (Å²) in [5.74, 6) is 2.41. The number of benzene rings is 1. The first kappa shape index (κ1) is 16.6. The van der Waals surface area contributed by atoms with Gasteiger partial charge in [-0.25, -0.2) is 4.68 Å². The highest BCUT2D eigenvalue weighted by Gasteiger charge is 2.13. The normalized spacial score (nSPS) is 11.1. The Bertz CT molecular complexity index is 791. The van der Waals surface area contributed by atoms with Crippen molar-refractivity contribution in [2.24, 2.45) is 7.05 Å². The van der Waals surface area contributed by atoms with Crippen molar-refractivity contribution < 1.29 is 0 Å². The van der Waals surface area contributed by atoms with Crippen LogP contribution in [0.1, 0.15) is 31.2 Å². The summed E-state index contributed by atoms with van der Waals surface area (Å²) in [6, 6.07) is 8.30. The average Bonchev–Trinajstić information content (AvgIpc) is 3.18. The van der Waals surface area contributed by atoms with E-state index in [1.807, 2.05) is 16.3 Å². The number of nitrogens with zero attached hydrogens (tertiary/aromatic N) is 7. The maximum atomic E-state index is 4.32. The fraction of sp³-hybridized carbons (Fsp3) is 0.438. The second-order valence-electron chi connectivity index (χ2n) is 5.69. The van der Waals surface area contributed by atoms with E-state index in [9.17, 15) is 0 Å². The summed E-state index contributed by atoms with van der Waals surface area (Å²) in [5, 5.41) is 21.4. The summed E-state index contributed by atoms with van der Waals surface area (Å²) in [4.78, 5) is 0. The van der Waals surface area contributed by atoms with Crippen molar-refractivity contribution in [1.82, 2.24) is 35.0 Å². The van der Waals surface area contributed by atoms with E-state index in [2.05, 4.69) is 63.8 Å². The first-order valence-corrected chi connectivity index (χ1v) is 9.02. The fourth-order valence-corrected chi connectivity index (χ4v) is 3.18. The second kappa shape index (κ2) is 7.57. The van der Waals surface area contributed by atoms with Crippen molar-refractivity contribution in [3.63, 3.8) is 0 Å². The molecule has 0 aliphatic heterocycles. The zero-order chi connectivity index (χ0) is 16.9. The van der Waals surface area contributed by atoms with Crippen molar-refractivity contribution in [2.45, 2.75) is 44.1 Å². The van der Waals surface area contributed by atoms with Crippen LogP contribution in [0.5, 0.6) is 0 Å². The lowest BCUT2D eigenvalue weighted by atomic mass is 10.1. The predicted molar refractivity (Wildman–Crippen MR) is 93.5 cm³/mol. The van der Waals surface area contributed by atoms with E-state index < -0.39 is 0 Å². The molecule has 0 unspecified atom stereocenters. The standard InChI is InChI=1S/C16H21N7S/c1-4-5-10-23-14(17-20-21-23)11-24-16-19-18-15(22(16)3)13-8-6-12(2)7-9-13/h6-9H,4-5,10-11H2,1-3H3. The average molecular weight is 343 g/mol. The lowest BCUT2D eigenvalue weighted by Gasteiger charge is -2.05. The molecule has 1 aromatic carbocycles. The van der Waals surface area contributed by atoms with Crippen LogP contribution in [0.3, 0.4) is 0 Å². The maximum absolute atomic E-state index is 4.32. The van der Waals surface area contributed by atoms with Gasteiger partial charge in [0.15, 0.2) is 16.8 Å². The molecule has 8 heteroatoms. The molecule has 0 saturated carbocycles. The molecule has 0 atom stereocenters. The van der Waals surface area contributed by atoms with E-state index in [1.54, 1.807) is 11.8 Å². The summed E-state index contributed by atoms with van der Waals surface area (Å²) < 4.78 is 3.88. The van der Waals surface area contributed by atoms with E-state index in [1.165, 1.54) is 5.56 Å². The zero-order valence-corrected chi connectivity index (χ0v) is 15.0. The molecule has 0 bridgehead atoms. The summed E-state index contributed by atoms with van der Waals surface area (Å²) in [5.41, 5.74) is 2.30. The molecule has 24 heavy (non-hydrogen) atoms. The number of aromatic nitrogens is 7. The molecular formula is C16H21N7S. The minimum absolute atomic E-state index is 0.677. The molecule has 0 fully saturated rings. The Balaban J connectivity index is 1.71. The van der Waals surface area contributed by atoms with Crippen molar-refractivity contribution in [1.29, 1.82) is 0 Å². The minimum Gasteiger partial charge on any atom is -0.305 e. The summed E-state index contributed by atoms with van der Waals surface area (Å²) in [7, 11) is 1.98. The third kappa shape index (κ3) is 3.64. The Labute approximate surface area is 145 Å². The summed E-state index contributed by atoms with van der Waals surface area (Å²) in [6.45, 7) is 5.09. The van der Waals surface area contributed by atoms with Crippen LogP contribution >= 0.6 is 11.8 Å². The highest BCUT2D eigenvalue weighted by atomic mass is 32.2. The van der Waals surface area contributed by atoms with Gasteiger partial charge in [-0.15, -0.1) is 15.3 Å². The predicted octanol–water partition coefficient (Wildman–Crippen LogP) is 2.87. The molecule has 126 valence electrons. The van der Waals surface area contributed by atoms with Gasteiger partial charge in [0.2, 0.25) is 0 Å². The highest BCUT2D eigenvalue weighted by molar-refractivity contribution is 7.98. The topological polar surface area (TPSA) is 74.3 Å². The number of hydrogen-bond donors (Lipinski definition) is 0. The number of rotatable bonds is 7. The monoisotopic (exact) mass is 343 g/mol. The van der Waals surface area contributed by atoms with Gasteiger partial charge in [-0.1, -0.05) is 54.9 Å². The van der Waals surface area contributed by atoms with Crippen LogP contribution in [0.25, 0.3) is 11.4 Å². The Hall–Kier alpha value is -2.22. The Kier molecular flexibility index (Phi) is 5.24. The molecule has 0 amide bonds. The summed E-state index contributed by atoms with van der Waals surface area (Å²) >= 11 is 1.60. The lowest BCUT2D eigenvalue weighted by Crippen LogP contribution is -2.05. The molecule has 7 nitrogen and oxygen atoms in total. The number of tetrazole rings is 1. The van der Waals surface area contributed by atoms with Gasteiger partial charge in [0, 0.05) is 19.2 Å². The van der Waals surface area contributed by atoms with E-state index in [0.29, 0.717) is 5.75 Å². The zero-order valence-electron chi connectivity index (χ0n) is 14.2. The van der Waals surface area contributed by atoms with Crippen LogP contribution in [-0.2, 0) is 19.3 Å². The Morgan fingerprint density at radius 3 is 2.62 bits per heavy atom. The lowest BCUT2D eigenvalue weighted by molar-refractivity contribution is 0.540. The van der Waals surface area contributed by atoms with Crippen LogP contribution in [-0.4, -0.2) is 35.0 Å². The number of unbranched alkanes of at least 4 members (excludes halogenated alkanes) is 1. The number of thioether (sulfide) groups is 1. The summed E-state index contributed by atoms with van der Waals surface area (Å²) in [6.07, 6.45) is 2.19. The third-order valence-corrected chi connectivity index (χ3v) is 4.82. The SMILES string of the molecule is CCCCn1nnnc1CSc1nnc(-c2ccc(C)cc2)n1C. The first-order chi connectivity index (χ1) is 11.7. The molecule has 3 aromatic rings. The van der Waals surface area contributed by atoms with Crippen molar-refractivity contribution in [2.75, 3.05) is 0 Å². The number of hydrogen-bond acceptors (Lipinski definition) is 6. The molecule has 3 rings (SSSR count). The van der Waals surface area contributed by atoms with Gasteiger partial charge in [-0.3, -0.25) is 0 Å². The molecule has 2 aromatic heterocycles. The van der Waals surface area contributed by atoms with Gasteiger partial charge in [0.05, 0.1) is 5.75 Å². The van der Waals surface area contributed by atoms with Crippen molar-refractivity contribution in [3.05, 3.63) is 35.7 Å². The van der Waals surface area contributed by atoms with Crippen LogP contribution in [0.2, 0.25) is 0 Å².